The molecule has 5 rings (SSSR count). The van der Waals surface area contributed by atoms with Crippen molar-refractivity contribution < 1.29 is 19.0 Å². The summed E-state index contributed by atoms with van der Waals surface area (Å²) in [7, 11) is 0. The molecule has 9 heteroatoms. The van der Waals surface area contributed by atoms with Gasteiger partial charge in [-0.25, -0.2) is 19.2 Å². The number of nitrogens with zero attached hydrogens (tertiary/aromatic N) is 5. The summed E-state index contributed by atoms with van der Waals surface area (Å²) < 4.78 is 21.2. The van der Waals surface area contributed by atoms with E-state index in [0.29, 0.717) is 30.3 Å². The maximum absolute atomic E-state index is 13.2. The van der Waals surface area contributed by atoms with Crippen molar-refractivity contribution in [3.05, 3.63) is 48.3 Å². The van der Waals surface area contributed by atoms with Crippen molar-refractivity contribution in [2.75, 3.05) is 4.90 Å². The number of fused-ring (bicyclic) bond motifs is 1. The number of ether oxygens (including phenoxy) is 1. The van der Waals surface area contributed by atoms with E-state index < -0.39 is 11.9 Å². The third-order valence-electron chi connectivity index (χ3n) is 5.58. The molecule has 1 N–H and O–H groups in total. The number of benzene rings is 1. The molecule has 1 saturated carbocycles. The number of halogens is 1. The molecule has 3 aromatic rings. The summed E-state index contributed by atoms with van der Waals surface area (Å²) in [6.07, 6.45) is 8.33. The van der Waals surface area contributed by atoms with Gasteiger partial charge >= 0.3 is 12.1 Å². The first-order valence-corrected chi connectivity index (χ1v) is 9.89. The second-order valence-electron chi connectivity index (χ2n) is 7.71. The van der Waals surface area contributed by atoms with Crippen molar-refractivity contribution in [2.45, 2.75) is 44.7 Å². The predicted octanol–water partition coefficient (Wildman–Crippen LogP) is 4.43. The van der Waals surface area contributed by atoms with E-state index in [9.17, 15) is 14.3 Å². The number of aromatic nitrogens is 4. The van der Waals surface area contributed by atoms with Gasteiger partial charge in [0.1, 0.15) is 5.75 Å². The van der Waals surface area contributed by atoms with E-state index in [-0.39, 0.29) is 12.1 Å². The Morgan fingerprint density at radius 3 is 2.67 bits per heavy atom. The third kappa shape index (κ3) is 3.26. The topological polar surface area (TPSA) is 93.4 Å². The molecule has 1 aliphatic heterocycles. The molecule has 30 heavy (non-hydrogen) atoms. The Balaban J connectivity index is 1.64. The lowest BCUT2D eigenvalue weighted by Gasteiger charge is -2.34. The van der Waals surface area contributed by atoms with Crippen LogP contribution in [0.5, 0.6) is 11.8 Å². The zero-order chi connectivity index (χ0) is 20.8. The zero-order valence-corrected chi connectivity index (χ0v) is 16.3. The van der Waals surface area contributed by atoms with Crippen LogP contribution in [0.2, 0.25) is 0 Å². The second kappa shape index (κ2) is 7.08. The summed E-state index contributed by atoms with van der Waals surface area (Å²) in [4.78, 5) is 21.1. The molecule has 1 aromatic carbocycles. The van der Waals surface area contributed by atoms with Crippen LogP contribution in [0, 0.1) is 5.82 Å². The van der Waals surface area contributed by atoms with E-state index in [1.54, 1.807) is 12.3 Å². The molecule has 154 valence electrons. The van der Waals surface area contributed by atoms with Crippen LogP contribution in [0.15, 0.2) is 36.9 Å². The standard InChI is InChI=1S/C21H20FN5O3/c1-12-2-5-17-18(27(12)21(28)29)7-6-16(13-8-25-26(11-13)15-3-4-15)19(17)30-20-23-9-14(22)10-24-20/h6-12,15H,2-5H2,1H3,(H,28,29)/t12-/m0/s1. The molecule has 0 saturated heterocycles. The lowest BCUT2D eigenvalue weighted by atomic mass is 9.92. The molecule has 1 fully saturated rings. The highest BCUT2D eigenvalue weighted by molar-refractivity contribution is 5.91. The molecule has 8 nitrogen and oxygen atoms in total. The molecule has 0 spiro atoms. The predicted molar refractivity (Wildman–Crippen MR) is 106 cm³/mol. The van der Waals surface area contributed by atoms with Gasteiger partial charge in [-0.1, -0.05) is 0 Å². The lowest BCUT2D eigenvalue weighted by Crippen LogP contribution is -2.41. The van der Waals surface area contributed by atoms with E-state index in [4.69, 9.17) is 4.74 Å². The number of carbonyl (C=O) groups is 1. The minimum Gasteiger partial charge on any atom is -0.465 e. The van der Waals surface area contributed by atoms with Gasteiger partial charge in [-0.3, -0.25) is 9.58 Å². The number of anilines is 1. The fourth-order valence-electron chi connectivity index (χ4n) is 3.90. The van der Waals surface area contributed by atoms with Gasteiger partial charge in [0.2, 0.25) is 0 Å². The molecule has 2 aromatic heterocycles. The maximum Gasteiger partial charge on any atom is 0.412 e. The first-order valence-electron chi connectivity index (χ1n) is 9.89. The fraction of sp³-hybridized carbons (Fsp3) is 0.333. The van der Waals surface area contributed by atoms with E-state index in [1.807, 2.05) is 23.9 Å². The molecule has 0 bridgehead atoms. The van der Waals surface area contributed by atoms with E-state index in [1.165, 1.54) is 4.90 Å². The van der Waals surface area contributed by atoms with Crippen molar-refractivity contribution in [1.82, 2.24) is 19.7 Å². The van der Waals surface area contributed by atoms with Crippen molar-refractivity contribution in [1.29, 1.82) is 0 Å². The summed E-state index contributed by atoms with van der Waals surface area (Å²) in [5, 5.41) is 14.2. The SMILES string of the molecule is C[C@H]1CCc2c(ccc(-c3cnn(C4CC4)c3)c2Oc2ncc(F)cn2)N1C(=O)O. The average Bonchev–Trinajstić information content (AvgIpc) is 3.46. The number of rotatable bonds is 4. The molecular formula is C21H20FN5O3. The van der Waals surface area contributed by atoms with Gasteiger partial charge in [0.25, 0.3) is 0 Å². The van der Waals surface area contributed by atoms with Crippen LogP contribution < -0.4 is 9.64 Å². The average molecular weight is 409 g/mol. The summed E-state index contributed by atoms with van der Waals surface area (Å²) in [6, 6.07) is 3.93. The molecule has 0 radical (unpaired) electrons. The Kier molecular flexibility index (Phi) is 4.38. The normalized spacial score (nSPS) is 18.2. The minimum atomic E-state index is -1.01. The van der Waals surface area contributed by atoms with Gasteiger partial charge in [-0.2, -0.15) is 5.10 Å². The molecule has 1 amide bonds. The monoisotopic (exact) mass is 409 g/mol. The fourth-order valence-corrected chi connectivity index (χ4v) is 3.90. The van der Waals surface area contributed by atoms with Gasteiger partial charge in [-0.15, -0.1) is 0 Å². The highest BCUT2D eigenvalue weighted by Crippen LogP contribution is 2.45. The Morgan fingerprint density at radius 1 is 1.20 bits per heavy atom. The van der Waals surface area contributed by atoms with Crippen molar-refractivity contribution in [3.63, 3.8) is 0 Å². The number of carboxylic acid groups (broad SMARTS) is 1. The zero-order valence-electron chi connectivity index (χ0n) is 16.3. The summed E-state index contributed by atoms with van der Waals surface area (Å²) in [5.41, 5.74) is 2.98. The number of hydrogen-bond donors (Lipinski definition) is 1. The van der Waals surface area contributed by atoms with Gasteiger partial charge in [-0.05, 0) is 44.7 Å². The Hall–Kier alpha value is -3.49. The lowest BCUT2D eigenvalue weighted by molar-refractivity contribution is 0.198. The first-order chi connectivity index (χ1) is 14.5. The molecule has 2 aliphatic rings. The summed E-state index contributed by atoms with van der Waals surface area (Å²) >= 11 is 0. The second-order valence-corrected chi connectivity index (χ2v) is 7.71. The largest absolute Gasteiger partial charge is 0.465 e. The van der Waals surface area contributed by atoms with Gasteiger partial charge in [0.05, 0.1) is 30.3 Å². The molecule has 0 unspecified atom stereocenters. The van der Waals surface area contributed by atoms with E-state index in [2.05, 4.69) is 15.1 Å². The van der Waals surface area contributed by atoms with Crippen LogP contribution in [0.4, 0.5) is 14.9 Å². The number of hydrogen-bond acceptors (Lipinski definition) is 5. The smallest absolute Gasteiger partial charge is 0.412 e. The Bertz CT molecular complexity index is 1110. The third-order valence-corrected chi connectivity index (χ3v) is 5.58. The molecular weight excluding hydrogens is 389 g/mol. The quantitative estimate of drug-likeness (QED) is 0.685. The van der Waals surface area contributed by atoms with Gasteiger partial charge < -0.3 is 9.84 Å². The number of amides is 1. The van der Waals surface area contributed by atoms with Crippen LogP contribution >= 0.6 is 0 Å². The molecule has 1 aliphatic carbocycles. The molecule has 1 atom stereocenters. The van der Waals surface area contributed by atoms with Gasteiger partial charge in [0.15, 0.2) is 5.82 Å². The van der Waals surface area contributed by atoms with Crippen molar-refractivity contribution in [3.8, 4) is 22.9 Å². The van der Waals surface area contributed by atoms with Crippen molar-refractivity contribution >= 4 is 11.8 Å². The van der Waals surface area contributed by atoms with Gasteiger partial charge in [0, 0.05) is 28.9 Å². The maximum atomic E-state index is 13.2. The Morgan fingerprint density at radius 2 is 1.97 bits per heavy atom. The minimum absolute atomic E-state index is 0.00105. The highest BCUT2D eigenvalue weighted by Gasteiger charge is 2.32. The first kappa shape index (κ1) is 18.5. The summed E-state index contributed by atoms with van der Waals surface area (Å²) in [6.45, 7) is 1.88. The van der Waals surface area contributed by atoms with E-state index >= 15 is 0 Å². The Labute approximate surface area is 171 Å². The van der Waals surface area contributed by atoms with E-state index in [0.717, 1.165) is 41.9 Å². The van der Waals surface area contributed by atoms with Crippen molar-refractivity contribution in [2.24, 2.45) is 0 Å². The van der Waals surface area contributed by atoms with Crippen LogP contribution in [0.3, 0.4) is 0 Å². The van der Waals surface area contributed by atoms with Crippen LogP contribution in [0.1, 0.15) is 37.8 Å². The molecule has 3 heterocycles. The summed E-state index contributed by atoms with van der Waals surface area (Å²) in [5.74, 6) is -0.0816. The highest BCUT2D eigenvalue weighted by atomic mass is 19.1. The van der Waals surface area contributed by atoms with Crippen LogP contribution in [0.25, 0.3) is 11.1 Å². The van der Waals surface area contributed by atoms with Crippen LogP contribution in [-0.2, 0) is 6.42 Å². The van der Waals surface area contributed by atoms with Crippen LogP contribution in [-0.4, -0.2) is 37.0 Å².